The maximum absolute atomic E-state index is 12.9. The van der Waals surface area contributed by atoms with E-state index in [4.69, 9.17) is 4.42 Å². The number of carbonyl (C=O) groups is 3. The predicted octanol–water partition coefficient (Wildman–Crippen LogP) is 4.32. The molecule has 2 aliphatic rings. The molecule has 0 aliphatic carbocycles. The van der Waals surface area contributed by atoms with Crippen molar-refractivity contribution >= 4 is 34.2 Å². The minimum atomic E-state index is -0.436. The van der Waals surface area contributed by atoms with Crippen molar-refractivity contribution in [3.63, 3.8) is 0 Å². The number of carbonyl (C=O) groups excluding carboxylic acids is 3. The number of piperidine rings is 1. The Balaban J connectivity index is 1.27. The van der Waals surface area contributed by atoms with Gasteiger partial charge in [0, 0.05) is 17.0 Å². The Morgan fingerprint density at radius 1 is 1.15 bits per heavy atom. The number of hydrogen-bond acceptors (Lipinski definition) is 7. The predicted molar refractivity (Wildman–Crippen MR) is 128 cm³/mol. The van der Waals surface area contributed by atoms with Gasteiger partial charge in [-0.05, 0) is 69.1 Å². The second kappa shape index (κ2) is 9.15. The van der Waals surface area contributed by atoms with Crippen LogP contribution in [-0.4, -0.2) is 45.6 Å². The number of aryl methyl sites for hydroxylation is 1. The highest BCUT2D eigenvalue weighted by Gasteiger charge is 2.36. The zero-order valence-corrected chi connectivity index (χ0v) is 20.0. The van der Waals surface area contributed by atoms with Crippen LogP contribution in [0.5, 0.6) is 0 Å². The third-order valence-corrected chi connectivity index (χ3v) is 7.54. The van der Waals surface area contributed by atoms with Crippen molar-refractivity contribution < 1.29 is 18.8 Å². The number of thiazole rings is 1. The molecule has 5 rings (SSSR count). The zero-order valence-electron chi connectivity index (χ0n) is 19.2. The molecule has 1 saturated heterocycles. The van der Waals surface area contributed by atoms with Crippen molar-refractivity contribution in [3.05, 3.63) is 69.6 Å². The molecular formula is C25H26N4O4S. The van der Waals surface area contributed by atoms with Gasteiger partial charge in [-0.25, -0.2) is 4.98 Å². The van der Waals surface area contributed by atoms with Gasteiger partial charge in [-0.3, -0.25) is 29.5 Å². The number of benzene rings is 1. The average molecular weight is 479 g/mol. The fourth-order valence-electron chi connectivity index (χ4n) is 4.35. The van der Waals surface area contributed by atoms with E-state index < -0.39 is 11.8 Å². The minimum Gasteiger partial charge on any atom is -0.467 e. The van der Waals surface area contributed by atoms with Crippen LogP contribution in [0.15, 0.2) is 41.0 Å². The third kappa shape index (κ3) is 4.41. The summed E-state index contributed by atoms with van der Waals surface area (Å²) in [6.45, 7) is 7.31. The van der Waals surface area contributed by atoms with Crippen LogP contribution in [0, 0.1) is 12.8 Å². The maximum atomic E-state index is 12.9. The van der Waals surface area contributed by atoms with E-state index in [9.17, 15) is 14.4 Å². The summed E-state index contributed by atoms with van der Waals surface area (Å²) in [5.41, 5.74) is 1.73. The van der Waals surface area contributed by atoms with Gasteiger partial charge in [0.15, 0.2) is 5.13 Å². The summed E-state index contributed by atoms with van der Waals surface area (Å²) in [5, 5.41) is 3.39. The van der Waals surface area contributed by atoms with Crippen molar-refractivity contribution in [1.82, 2.24) is 14.8 Å². The van der Waals surface area contributed by atoms with E-state index in [1.165, 1.54) is 42.6 Å². The normalized spacial score (nSPS) is 16.8. The number of aromatic nitrogens is 1. The molecule has 34 heavy (non-hydrogen) atoms. The number of nitrogens with one attached hydrogen (secondary N) is 1. The van der Waals surface area contributed by atoms with Crippen LogP contribution in [0.25, 0.3) is 0 Å². The van der Waals surface area contributed by atoms with E-state index in [0.717, 1.165) is 41.0 Å². The second-order valence-electron chi connectivity index (χ2n) is 8.98. The first-order valence-corrected chi connectivity index (χ1v) is 12.2. The van der Waals surface area contributed by atoms with Crippen molar-refractivity contribution in [2.24, 2.45) is 5.92 Å². The highest BCUT2D eigenvalue weighted by molar-refractivity contribution is 7.15. The summed E-state index contributed by atoms with van der Waals surface area (Å²) < 4.78 is 5.26. The van der Waals surface area contributed by atoms with Crippen LogP contribution in [0.2, 0.25) is 0 Å². The maximum Gasteiger partial charge on any atom is 0.261 e. The van der Waals surface area contributed by atoms with Crippen molar-refractivity contribution in [1.29, 1.82) is 0 Å². The summed E-state index contributed by atoms with van der Waals surface area (Å²) >= 11 is 1.48. The summed E-state index contributed by atoms with van der Waals surface area (Å²) in [5.74, 6) is 0.103. The lowest BCUT2D eigenvalue weighted by molar-refractivity contribution is 0.0631. The average Bonchev–Trinajstić information content (AvgIpc) is 3.52. The molecule has 0 unspecified atom stereocenters. The molecule has 0 radical (unpaired) electrons. The molecule has 3 amide bonds. The SMILES string of the molecule is Cc1nc(NC(=O)c2ccc3c(c2)C(=O)N(Cc2ccco2)C3=O)sc1CN1CCC(C)CC1. The van der Waals surface area contributed by atoms with Crippen molar-refractivity contribution in [2.75, 3.05) is 18.4 Å². The Morgan fingerprint density at radius 3 is 2.65 bits per heavy atom. The van der Waals surface area contributed by atoms with E-state index in [1.807, 2.05) is 6.92 Å². The van der Waals surface area contributed by atoms with Gasteiger partial charge in [-0.1, -0.05) is 6.92 Å². The van der Waals surface area contributed by atoms with Gasteiger partial charge in [0.05, 0.1) is 29.6 Å². The highest BCUT2D eigenvalue weighted by Crippen LogP contribution is 2.28. The Kier molecular flexibility index (Phi) is 6.05. The van der Waals surface area contributed by atoms with E-state index in [1.54, 1.807) is 18.2 Å². The molecule has 2 aromatic heterocycles. The van der Waals surface area contributed by atoms with Gasteiger partial charge in [-0.15, -0.1) is 11.3 Å². The summed E-state index contributed by atoms with van der Waals surface area (Å²) in [6, 6.07) is 7.98. The largest absolute Gasteiger partial charge is 0.467 e. The molecule has 2 aliphatic heterocycles. The van der Waals surface area contributed by atoms with Crippen LogP contribution in [0.1, 0.15) is 67.2 Å². The lowest BCUT2D eigenvalue weighted by Crippen LogP contribution is -2.32. The van der Waals surface area contributed by atoms with Gasteiger partial charge >= 0.3 is 0 Å². The number of furan rings is 1. The number of imide groups is 1. The monoisotopic (exact) mass is 478 g/mol. The number of fused-ring (bicyclic) bond motifs is 1. The molecule has 0 saturated carbocycles. The minimum absolute atomic E-state index is 0.0535. The topological polar surface area (TPSA) is 95.7 Å². The molecule has 176 valence electrons. The first-order chi connectivity index (χ1) is 16.4. The smallest absolute Gasteiger partial charge is 0.261 e. The molecule has 0 spiro atoms. The van der Waals surface area contributed by atoms with Gasteiger partial charge in [0.25, 0.3) is 17.7 Å². The van der Waals surface area contributed by atoms with Crippen LogP contribution in [-0.2, 0) is 13.1 Å². The van der Waals surface area contributed by atoms with Gasteiger partial charge in [-0.2, -0.15) is 0 Å². The van der Waals surface area contributed by atoms with Crippen molar-refractivity contribution in [2.45, 2.75) is 39.8 Å². The fourth-order valence-corrected chi connectivity index (χ4v) is 5.35. The van der Waals surface area contributed by atoms with Gasteiger partial charge in [0.2, 0.25) is 0 Å². The Hall–Kier alpha value is -3.30. The first kappa shape index (κ1) is 22.5. The number of anilines is 1. The summed E-state index contributed by atoms with van der Waals surface area (Å²) in [4.78, 5) is 47.7. The van der Waals surface area contributed by atoms with Crippen LogP contribution in [0.3, 0.4) is 0 Å². The second-order valence-corrected chi connectivity index (χ2v) is 10.1. The fraction of sp³-hybridized carbons (Fsp3) is 0.360. The zero-order chi connectivity index (χ0) is 23.8. The third-order valence-electron chi connectivity index (χ3n) is 6.48. The Bertz CT molecular complexity index is 1240. The summed E-state index contributed by atoms with van der Waals surface area (Å²) in [7, 11) is 0. The molecule has 9 heteroatoms. The van der Waals surface area contributed by atoms with E-state index >= 15 is 0 Å². The number of nitrogens with zero attached hydrogens (tertiary/aromatic N) is 3. The van der Waals surface area contributed by atoms with Crippen LogP contribution >= 0.6 is 11.3 Å². The molecule has 3 aromatic rings. The molecule has 8 nitrogen and oxygen atoms in total. The van der Waals surface area contributed by atoms with E-state index in [-0.39, 0.29) is 23.6 Å². The number of amides is 3. The molecular weight excluding hydrogens is 452 g/mol. The quantitative estimate of drug-likeness (QED) is 0.530. The van der Waals surface area contributed by atoms with Gasteiger partial charge in [0.1, 0.15) is 5.76 Å². The molecule has 1 fully saturated rings. The molecule has 0 atom stereocenters. The Labute approximate surface area is 201 Å². The first-order valence-electron chi connectivity index (χ1n) is 11.4. The molecule has 1 aromatic carbocycles. The standard InChI is InChI=1S/C25H26N4O4S/c1-15-7-9-28(10-8-15)14-21-16(2)26-25(34-21)27-22(30)17-5-6-19-20(12-17)24(32)29(23(19)31)13-18-4-3-11-33-18/h3-6,11-12,15H,7-10,13-14H2,1-2H3,(H,26,27,30). The van der Waals surface area contributed by atoms with E-state index in [2.05, 4.69) is 22.1 Å². The summed E-state index contributed by atoms with van der Waals surface area (Å²) in [6.07, 6.45) is 3.91. The van der Waals surface area contributed by atoms with Crippen LogP contribution in [0.4, 0.5) is 5.13 Å². The lowest BCUT2D eigenvalue weighted by atomic mass is 9.99. The van der Waals surface area contributed by atoms with Crippen LogP contribution < -0.4 is 5.32 Å². The number of likely N-dealkylation sites (tertiary alicyclic amines) is 1. The lowest BCUT2D eigenvalue weighted by Gasteiger charge is -2.29. The highest BCUT2D eigenvalue weighted by atomic mass is 32.1. The van der Waals surface area contributed by atoms with Gasteiger partial charge < -0.3 is 4.42 Å². The molecule has 0 bridgehead atoms. The molecule has 1 N–H and O–H groups in total. The number of rotatable bonds is 6. The van der Waals surface area contributed by atoms with Crippen molar-refractivity contribution in [3.8, 4) is 0 Å². The molecule has 4 heterocycles. The number of hydrogen-bond donors (Lipinski definition) is 1. The Morgan fingerprint density at radius 2 is 1.91 bits per heavy atom. The van der Waals surface area contributed by atoms with E-state index in [0.29, 0.717) is 16.5 Å².